The van der Waals surface area contributed by atoms with Gasteiger partial charge < -0.3 is 10.4 Å². The van der Waals surface area contributed by atoms with E-state index in [2.05, 4.69) is 11.6 Å². The van der Waals surface area contributed by atoms with Gasteiger partial charge in [-0.15, -0.1) is 0 Å². The molecule has 1 aliphatic carbocycles. The zero-order valence-electron chi connectivity index (χ0n) is 12.2. The van der Waals surface area contributed by atoms with Crippen LogP contribution >= 0.6 is 11.8 Å². The second-order valence-electron chi connectivity index (χ2n) is 5.99. The third-order valence-corrected chi connectivity index (χ3v) is 5.47. The third-order valence-electron chi connectivity index (χ3n) is 4.37. The van der Waals surface area contributed by atoms with E-state index >= 15 is 0 Å². The number of amides is 1. The molecule has 0 spiro atoms. The molecular formula is C14H25NO3S. The summed E-state index contributed by atoms with van der Waals surface area (Å²) >= 11 is 1.84. The largest absolute Gasteiger partial charge is 0.481 e. The summed E-state index contributed by atoms with van der Waals surface area (Å²) in [7, 11) is 0. The van der Waals surface area contributed by atoms with E-state index in [1.807, 2.05) is 25.6 Å². The van der Waals surface area contributed by atoms with Crippen molar-refractivity contribution in [3.8, 4) is 0 Å². The highest BCUT2D eigenvalue weighted by Gasteiger charge is 2.39. The predicted octanol–water partition coefficient (Wildman–Crippen LogP) is 2.52. The zero-order chi connectivity index (χ0) is 14.6. The van der Waals surface area contributed by atoms with Crippen molar-refractivity contribution in [2.75, 3.05) is 6.26 Å². The molecule has 5 heteroatoms. The molecule has 0 aromatic rings. The SMILES string of the molecule is CSC1CCC(NC(=O)CC(C)(C(=O)O)C(C)C)C1. The number of carbonyl (C=O) groups excluding carboxylic acids is 1. The maximum atomic E-state index is 12.0. The molecule has 1 rings (SSSR count). The molecule has 0 saturated heterocycles. The first-order valence-electron chi connectivity index (χ1n) is 6.85. The lowest BCUT2D eigenvalue weighted by Gasteiger charge is -2.29. The first-order chi connectivity index (χ1) is 8.79. The number of hydrogen-bond acceptors (Lipinski definition) is 3. The van der Waals surface area contributed by atoms with E-state index in [1.165, 1.54) is 0 Å². The molecular weight excluding hydrogens is 262 g/mol. The van der Waals surface area contributed by atoms with Gasteiger partial charge in [0.25, 0.3) is 0 Å². The summed E-state index contributed by atoms with van der Waals surface area (Å²) in [6.07, 6.45) is 5.28. The number of nitrogens with one attached hydrogen (secondary N) is 1. The molecule has 4 nitrogen and oxygen atoms in total. The number of thioether (sulfide) groups is 1. The molecule has 1 amide bonds. The van der Waals surface area contributed by atoms with Crippen molar-refractivity contribution >= 4 is 23.6 Å². The highest BCUT2D eigenvalue weighted by molar-refractivity contribution is 7.99. The quantitative estimate of drug-likeness (QED) is 0.788. The molecule has 1 fully saturated rings. The van der Waals surface area contributed by atoms with Crippen LogP contribution in [0.5, 0.6) is 0 Å². The summed E-state index contributed by atoms with van der Waals surface area (Å²) < 4.78 is 0. The van der Waals surface area contributed by atoms with Crippen LogP contribution in [-0.4, -0.2) is 34.5 Å². The van der Waals surface area contributed by atoms with Crippen LogP contribution in [0.4, 0.5) is 0 Å². The van der Waals surface area contributed by atoms with Crippen LogP contribution in [0.15, 0.2) is 0 Å². The molecule has 0 aromatic heterocycles. The van der Waals surface area contributed by atoms with Gasteiger partial charge >= 0.3 is 5.97 Å². The van der Waals surface area contributed by atoms with Gasteiger partial charge in [0, 0.05) is 17.7 Å². The second kappa shape index (κ2) is 6.64. The van der Waals surface area contributed by atoms with Gasteiger partial charge in [0.15, 0.2) is 0 Å². The molecule has 3 unspecified atom stereocenters. The Morgan fingerprint density at radius 3 is 2.47 bits per heavy atom. The highest BCUT2D eigenvalue weighted by Crippen LogP contribution is 2.32. The van der Waals surface area contributed by atoms with Crippen LogP contribution in [0.2, 0.25) is 0 Å². The lowest BCUT2D eigenvalue weighted by Crippen LogP contribution is -2.41. The molecule has 1 aliphatic rings. The molecule has 110 valence electrons. The lowest BCUT2D eigenvalue weighted by molar-refractivity contribution is -0.153. The Bertz CT molecular complexity index is 346. The number of carboxylic acid groups (broad SMARTS) is 1. The topological polar surface area (TPSA) is 66.4 Å². The predicted molar refractivity (Wildman–Crippen MR) is 78.3 cm³/mol. The number of carboxylic acids is 1. The maximum absolute atomic E-state index is 12.0. The standard InChI is InChI=1S/C14H25NO3S/c1-9(2)14(3,13(17)18)8-12(16)15-10-5-6-11(7-10)19-4/h9-11H,5-8H2,1-4H3,(H,15,16)(H,17,18). The van der Waals surface area contributed by atoms with Crippen LogP contribution in [-0.2, 0) is 9.59 Å². The first kappa shape index (κ1) is 16.3. The smallest absolute Gasteiger partial charge is 0.310 e. The van der Waals surface area contributed by atoms with Crippen molar-refractivity contribution < 1.29 is 14.7 Å². The van der Waals surface area contributed by atoms with E-state index in [-0.39, 0.29) is 24.3 Å². The summed E-state index contributed by atoms with van der Waals surface area (Å²) in [5.41, 5.74) is -0.985. The van der Waals surface area contributed by atoms with Crippen LogP contribution in [0.25, 0.3) is 0 Å². The monoisotopic (exact) mass is 287 g/mol. The molecule has 0 bridgehead atoms. The van der Waals surface area contributed by atoms with E-state index in [1.54, 1.807) is 6.92 Å². The summed E-state index contributed by atoms with van der Waals surface area (Å²) in [5, 5.41) is 12.9. The van der Waals surface area contributed by atoms with Gasteiger partial charge in [0.05, 0.1) is 5.41 Å². The van der Waals surface area contributed by atoms with Crippen LogP contribution in [0, 0.1) is 11.3 Å². The van der Waals surface area contributed by atoms with Gasteiger partial charge in [-0.2, -0.15) is 11.8 Å². The number of hydrogen-bond donors (Lipinski definition) is 2. The minimum absolute atomic E-state index is 0.0560. The highest BCUT2D eigenvalue weighted by atomic mass is 32.2. The molecule has 0 radical (unpaired) electrons. The van der Waals surface area contributed by atoms with Crippen molar-refractivity contribution in [3.63, 3.8) is 0 Å². The third kappa shape index (κ3) is 4.13. The van der Waals surface area contributed by atoms with Gasteiger partial charge in [0.2, 0.25) is 5.91 Å². The Hall–Kier alpha value is -0.710. The Labute approximate surface area is 119 Å². The van der Waals surface area contributed by atoms with E-state index < -0.39 is 11.4 Å². The molecule has 3 atom stereocenters. The van der Waals surface area contributed by atoms with Crippen molar-refractivity contribution in [3.05, 3.63) is 0 Å². The van der Waals surface area contributed by atoms with Gasteiger partial charge in [-0.25, -0.2) is 0 Å². The summed E-state index contributed by atoms with van der Waals surface area (Å²) in [5.74, 6) is -1.10. The maximum Gasteiger partial charge on any atom is 0.310 e. The van der Waals surface area contributed by atoms with Gasteiger partial charge in [-0.3, -0.25) is 9.59 Å². The Kier molecular flexibility index (Phi) is 5.71. The van der Waals surface area contributed by atoms with E-state index in [0.29, 0.717) is 5.25 Å². The summed E-state index contributed by atoms with van der Waals surface area (Å²) in [4.78, 5) is 23.4. The molecule has 0 aliphatic heterocycles. The molecule has 2 N–H and O–H groups in total. The average Bonchev–Trinajstić information content (AvgIpc) is 2.75. The summed E-state index contributed by atoms with van der Waals surface area (Å²) in [6.45, 7) is 5.35. The van der Waals surface area contributed by atoms with E-state index in [9.17, 15) is 14.7 Å². The molecule has 0 heterocycles. The minimum atomic E-state index is -0.985. The van der Waals surface area contributed by atoms with Crippen LogP contribution < -0.4 is 5.32 Å². The van der Waals surface area contributed by atoms with Gasteiger partial charge in [0.1, 0.15) is 0 Å². The second-order valence-corrected chi connectivity index (χ2v) is 7.13. The van der Waals surface area contributed by atoms with Gasteiger partial charge in [-0.05, 0) is 38.4 Å². The van der Waals surface area contributed by atoms with Crippen molar-refractivity contribution in [1.29, 1.82) is 0 Å². The molecule has 1 saturated carbocycles. The van der Waals surface area contributed by atoms with Crippen molar-refractivity contribution in [2.45, 2.75) is 57.7 Å². The summed E-state index contributed by atoms with van der Waals surface area (Å²) in [6, 6.07) is 0.218. The normalized spacial score (nSPS) is 26.2. The van der Waals surface area contributed by atoms with E-state index in [0.717, 1.165) is 19.3 Å². The van der Waals surface area contributed by atoms with Crippen molar-refractivity contribution in [1.82, 2.24) is 5.32 Å². The zero-order valence-corrected chi connectivity index (χ0v) is 13.0. The van der Waals surface area contributed by atoms with Crippen LogP contribution in [0.1, 0.15) is 46.5 Å². The fraction of sp³-hybridized carbons (Fsp3) is 0.857. The lowest BCUT2D eigenvalue weighted by atomic mass is 9.76. The number of aliphatic carboxylic acids is 1. The first-order valence-corrected chi connectivity index (χ1v) is 8.14. The molecule has 0 aromatic carbocycles. The number of carbonyl (C=O) groups is 2. The number of rotatable bonds is 6. The Balaban J connectivity index is 2.53. The van der Waals surface area contributed by atoms with Gasteiger partial charge in [-0.1, -0.05) is 13.8 Å². The van der Waals surface area contributed by atoms with Crippen molar-refractivity contribution in [2.24, 2.45) is 11.3 Å². The molecule has 19 heavy (non-hydrogen) atoms. The van der Waals surface area contributed by atoms with E-state index in [4.69, 9.17) is 0 Å². The fourth-order valence-corrected chi connectivity index (χ4v) is 3.22. The average molecular weight is 287 g/mol. The minimum Gasteiger partial charge on any atom is -0.481 e. The fourth-order valence-electron chi connectivity index (χ4n) is 2.42. The Morgan fingerprint density at radius 2 is 2.05 bits per heavy atom. The Morgan fingerprint density at radius 1 is 1.42 bits per heavy atom. The van der Waals surface area contributed by atoms with Crippen LogP contribution in [0.3, 0.4) is 0 Å².